The van der Waals surface area contributed by atoms with Gasteiger partial charge in [-0.1, -0.05) is 36.9 Å². The zero-order valence-corrected chi connectivity index (χ0v) is 18.0. The molecule has 1 amide bonds. The predicted octanol–water partition coefficient (Wildman–Crippen LogP) is 3.65. The van der Waals surface area contributed by atoms with Gasteiger partial charge in [0.25, 0.3) is 0 Å². The second-order valence-electron chi connectivity index (χ2n) is 8.37. The van der Waals surface area contributed by atoms with E-state index in [2.05, 4.69) is 44.0 Å². The van der Waals surface area contributed by atoms with Crippen molar-refractivity contribution >= 4 is 17.7 Å². The molecule has 6 nitrogen and oxygen atoms in total. The van der Waals surface area contributed by atoms with Crippen LogP contribution in [0.4, 0.5) is 0 Å². The van der Waals surface area contributed by atoms with Gasteiger partial charge in [0, 0.05) is 11.7 Å². The van der Waals surface area contributed by atoms with Crippen LogP contribution in [-0.4, -0.2) is 50.5 Å². The summed E-state index contributed by atoms with van der Waals surface area (Å²) in [6.07, 6.45) is 7.11. The summed E-state index contributed by atoms with van der Waals surface area (Å²) in [5.41, 5.74) is 1.05. The molecule has 156 valence electrons. The lowest BCUT2D eigenvalue weighted by Gasteiger charge is -2.26. The summed E-state index contributed by atoms with van der Waals surface area (Å²) in [5, 5.41) is 12.9. The molecule has 0 spiro atoms. The highest BCUT2D eigenvalue weighted by Crippen LogP contribution is 2.25. The number of likely N-dealkylation sites (tertiary alicyclic amines) is 1. The van der Waals surface area contributed by atoms with E-state index in [1.165, 1.54) is 37.4 Å². The van der Waals surface area contributed by atoms with Crippen LogP contribution in [0.25, 0.3) is 5.69 Å². The topological polar surface area (TPSA) is 63.1 Å². The van der Waals surface area contributed by atoms with Crippen molar-refractivity contribution in [3.8, 4) is 5.69 Å². The minimum atomic E-state index is 0.0956. The van der Waals surface area contributed by atoms with Crippen molar-refractivity contribution in [3.63, 3.8) is 0 Å². The maximum atomic E-state index is 12.5. The zero-order chi connectivity index (χ0) is 20.1. The summed E-state index contributed by atoms with van der Waals surface area (Å²) in [4.78, 5) is 14.9. The molecule has 2 heterocycles. The molecular weight excluding hydrogens is 382 g/mol. The fourth-order valence-corrected chi connectivity index (χ4v) is 5.06. The van der Waals surface area contributed by atoms with Gasteiger partial charge in [-0.25, -0.2) is 0 Å². The molecule has 0 radical (unpaired) electrons. The first-order chi connectivity index (χ1) is 14.2. The van der Waals surface area contributed by atoms with E-state index in [0.717, 1.165) is 55.1 Å². The highest BCUT2D eigenvalue weighted by atomic mass is 32.2. The predicted molar refractivity (Wildman–Crippen MR) is 116 cm³/mol. The van der Waals surface area contributed by atoms with Gasteiger partial charge in [0.1, 0.15) is 0 Å². The van der Waals surface area contributed by atoms with Gasteiger partial charge in [-0.3, -0.25) is 14.3 Å². The number of aromatic nitrogens is 3. The van der Waals surface area contributed by atoms with E-state index >= 15 is 0 Å². The minimum Gasteiger partial charge on any atom is -0.353 e. The molecule has 29 heavy (non-hydrogen) atoms. The van der Waals surface area contributed by atoms with E-state index in [1.807, 2.05) is 18.2 Å². The molecule has 2 fully saturated rings. The third-order valence-corrected chi connectivity index (χ3v) is 6.92. The Morgan fingerprint density at radius 2 is 1.83 bits per heavy atom. The fraction of sp³-hybridized carbons (Fsp3) is 0.591. The van der Waals surface area contributed by atoms with Crippen LogP contribution in [-0.2, 0) is 11.3 Å². The van der Waals surface area contributed by atoms with E-state index in [1.54, 1.807) is 0 Å². The first kappa shape index (κ1) is 20.4. The van der Waals surface area contributed by atoms with Crippen molar-refractivity contribution in [1.29, 1.82) is 0 Å². The Hall–Kier alpha value is -1.86. The fourth-order valence-electron chi connectivity index (χ4n) is 4.28. The normalized spacial score (nSPS) is 22.7. The summed E-state index contributed by atoms with van der Waals surface area (Å²) in [7, 11) is 0. The number of carbonyl (C=O) groups excluding carboxylic acids is 1. The van der Waals surface area contributed by atoms with Gasteiger partial charge >= 0.3 is 0 Å². The monoisotopic (exact) mass is 413 g/mol. The van der Waals surface area contributed by atoms with Crippen LogP contribution < -0.4 is 5.32 Å². The first-order valence-corrected chi connectivity index (χ1v) is 11.8. The molecule has 7 heteroatoms. The van der Waals surface area contributed by atoms with Crippen LogP contribution in [0.2, 0.25) is 0 Å². The summed E-state index contributed by atoms with van der Waals surface area (Å²) < 4.78 is 2.11. The van der Waals surface area contributed by atoms with Gasteiger partial charge in [-0.2, -0.15) is 0 Å². The van der Waals surface area contributed by atoms with Crippen LogP contribution in [0, 0.1) is 5.92 Å². The number of benzene rings is 1. The number of carbonyl (C=O) groups is 1. The van der Waals surface area contributed by atoms with Crippen molar-refractivity contribution in [1.82, 2.24) is 25.0 Å². The van der Waals surface area contributed by atoms with Crippen molar-refractivity contribution < 1.29 is 4.79 Å². The number of hydrogen-bond acceptors (Lipinski definition) is 5. The molecule has 0 unspecified atom stereocenters. The second-order valence-corrected chi connectivity index (χ2v) is 9.31. The Morgan fingerprint density at radius 3 is 2.55 bits per heavy atom. The Morgan fingerprint density at radius 1 is 1.10 bits per heavy atom. The summed E-state index contributed by atoms with van der Waals surface area (Å²) >= 11 is 1.48. The Labute approximate surface area is 177 Å². The maximum absolute atomic E-state index is 12.5. The van der Waals surface area contributed by atoms with E-state index in [0.29, 0.717) is 11.8 Å². The highest BCUT2D eigenvalue weighted by molar-refractivity contribution is 7.99. The molecule has 1 aromatic carbocycles. The van der Waals surface area contributed by atoms with Gasteiger partial charge in [-0.05, 0) is 69.7 Å². The van der Waals surface area contributed by atoms with E-state index in [-0.39, 0.29) is 5.91 Å². The standard InChI is InChI=1S/C22H31N5OS/c1-17-9-11-18(12-10-17)23-21(28)16-29-22-25-24-20(15-26-13-5-6-14-26)27(22)19-7-3-2-4-8-19/h2-4,7-8,17-18H,5-6,9-16H2,1H3,(H,23,28). The summed E-state index contributed by atoms with van der Waals surface area (Å²) in [5.74, 6) is 2.21. The Balaban J connectivity index is 1.42. The SMILES string of the molecule is CC1CCC(NC(=O)CSc2nnc(CN3CCCC3)n2-c2ccccc2)CC1. The molecule has 1 aromatic heterocycles. The summed E-state index contributed by atoms with van der Waals surface area (Å²) in [6.45, 7) is 5.33. The largest absolute Gasteiger partial charge is 0.353 e. The number of para-hydroxylation sites is 1. The van der Waals surface area contributed by atoms with Crippen molar-refractivity contribution in [3.05, 3.63) is 36.2 Å². The highest BCUT2D eigenvalue weighted by Gasteiger charge is 2.22. The number of nitrogens with one attached hydrogen (secondary N) is 1. The number of thioether (sulfide) groups is 1. The van der Waals surface area contributed by atoms with Crippen LogP contribution in [0.15, 0.2) is 35.5 Å². The summed E-state index contributed by atoms with van der Waals surface area (Å²) in [6, 6.07) is 10.5. The Kier molecular flexibility index (Phi) is 6.87. The first-order valence-electron chi connectivity index (χ1n) is 10.8. The van der Waals surface area contributed by atoms with E-state index in [9.17, 15) is 4.79 Å². The van der Waals surface area contributed by atoms with Crippen molar-refractivity contribution in [2.45, 2.75) is 63.2 Å². The van der Waals surface area contributed by atoms with Gasteiger partial charge in [0.2, 0.25) is 5.91 Å². The molecule has 4 rings (SSSR count). The maximum Gasteiger partial charge on any atom is 0.230 e. The molecule has 1 saturated heterocycles. The van der Waals surface area contributed by atoms with Gasteiger partial charge < -0.3 is 5.32 Å². The van der Waals surface area contributed by atoms with E-state index < -0.39 is 0 Å². The third kappa shape index (κ3) is 5.39. The third-order valence-electron chi connectivity index (χ3n) is 5.99. The molecule has 1 saturated carbocycles. The average molecular weight is 414 g/mol. The van der Waals surface area contributed by atoms with Crippen molar-refractivity contribution in [2.75, 3.05) is 18.8 Å². The molecule has 1 aliphatic heterocycles. The molecule has 2 aliphatic rings. The number of nitrogens with zero attached hydrogens (tertiary/aromatic N) is 4. The number of rotatable bonds is 7. The van der Waals surface area contributed by atoms with Crippen LogP contribution in [0.1, 0.15) is 51.3 Å². The minimum absolute atomic E-state index is 0.0956. The van der Waals surface area contributed by atoms with Crippen LogP contribution in [0.5, 0.6) is 0 Å². The number of amides is 1. The smallest absolute Gasteiger partial charge is 0.230 e. The molecule has 0 bridgehead atoms. The molecule has 1 N–H and O–H groups in total. The van der Waals surface area contributed by atoms with Gasteiger partial charge in [-0.15, -0.1) is 10.2 Å². The molecule has 0 atom stereocenters. The van der Waals surface area contributed by atoms with Crippen molar-refractivity contribution in [2.24, 2.45) is 5.92 Å². The number of hydrogen-bond donors (Lipinski definition) is 1. The van der Waals surface area contributed by atoms with Crippen LogP contribution in [0.3, 0.4) is 0 Å². The van der Waals surface area contributed by atoms with E-state index in [4.69, 9.17) is 0 Å². The van der Waals surface area contributed by atoms with Gasteiger partial charge in [0.05, 0.1) is 12.3 Å². The Bertz CT molecular complexity index is 795. The molecule has 1 aliphatic carbocycles. The molecule has 2 aromatic rings. The lowest BCUT2D eigenvalue weighted by Crippen LogP contribution is -2.38. The lowest BCUT2D eigenvalue weighted by atomic mass is 9.87. The zero-order valence-electron chi connectivity index (χ0n) is 17.2. The molecular formula is C22H31N5OS. The second kappa shape index (κ2) is 9.76. The van der Waals surface area contributed by atoms with Gasteiger partial charge in [0.15, 0.2) is 11.0 Å². The quantitative estimate of drug-likeness (QED) is 0.702. The lowest BCUT2D eigenvalue weighted by molar-refractivity contribution is -0.119. The van der Waals surface area contributed by atoms with Crippen LogP contribution >= 0.6 is 11.8 Å². The average Bonchev–Trinajstić information content (AvgIpc) is 3.39.